The molecule has 0 bridgehead atoms. The van der Waals surface area contributed by atoms with Gasteiger partial charge in [-0.25, -0.2) is 8.78 Å². The van der Waals surface area contributed by atoms with E-state index >= 15 is 0 Å². The number of aromatic nitrogens is 3. The summed E-state index contributed by atoms with van der Waals surface area (Å²) in [6.07, 6.45) is 6.27. The number of rotatable bonds is 8. The minimum Gasteiger partial charge on any atom is -0.341 e. The minimum atomic E-state index is -2.63. The first-order valence-electron chi connectivity index (χ1n) is 14.2. The van der Waals surface area contributed by atoms with Gasteiger partial charge >= 0.3 is 0 Å². The van der Waals surface area contributed by atoms with Crippen molar-refractivity contribution in [2.45, 2.75) is 82.1 Å². The molecule has 3 heterocycles. The normalized spacial score (nSPS) is 19.8. The Morgan fingerprint density at radius 2 is 1.77 bits per heavy atom. The number of likely N-dealkylation sites (tertiary alicyclic amines) is 1. The van der Waals surface area contributed by atoms with E-state index in [1.54, 1.807) is 6.20 Å². The summed E-state index contributed by atoms with van der Waals surface area (Å²) in [5.41, 5.74) is 4.77. The van der Waals surface area contributed by atoms with Crippen LogP contribution in [-0.2, 0) is 17.8 Å². The van der Waals surface area contributed by atoms with Crippen molar-refractivity contribution in [3.63, 3.8) is 0 Å². The first-order chi connectivity index (χ1) is 19.0. The van der Waals surface area contributed by atoms with E-state index in [4.69, 9.17) is 0 Å². The van der Waals surface area contributed by atoms with Crippen LogP contribution in [0.25, 0.3) is 0 Å². The standard InChI is InChI=1S/C31H34F2N4O2/c32-31(33)27-18-28(22-8-9-22)37(35-27)19-30(39)36-14-11-20(12-15-36)23-10-13-34-26(16-23)29(38)17-24-6-3-5-21-4-1-2-7-25(21)24/h1-2,4,7,10,13,16,18,20,22,24,31H,3,5-6,8-9,11-12,14-15,17,19H2/t24-/m0/s1. The Morgan fingerprint density at radius 1 is 0.974 bits per heavy atom. The number of aryl methyl sites for hydroxylation is 1. The van der Waals surface area contributed by atoms with Gasteiger partial charge in [-0.3, -0.25) is 19.3 Å². The molecule has 0 radical (unpaired) electrons. The van der Waals surface area contributed by atoms with Crippen LogP contribution in [0.1, 0.15) is 108 Å². The number of nitrogens with zero attached hydrogens (tertiary/aromatic N) is 4. The highest BCUT2D eigenvalue weighted by molar-refractivity contribution is 5.95. The number of hydrogen-bond acceptors (Lipinski definition) is 4. The second kappa shape index (κ2) is 11.0. The molecule has 8 heteroatoms. The van der Waals surface area contributed by atoms with Crippen LogP contribution in [0.3, 0.4) is 0 Å². The van der Waals surface area contributed by atoms with Crippen molar-refractivity contribution >= 4 is 11.7 Å². The number of fused-ring (bicyclic) bond motifs is 1. The van der Waals surface area contributed by atoms with Crippen molar-refractivity contribution in [1.82, 2.24) is 19.7 Å². The Labute approximate surface area is 227 Å². The molecule has 2 fully saturated rings. The van der Waals surface area contributed by atoms with Crippen LogP contribution in [-0.4, -0.2) is 44.4 Å². The lowest BCUT2D eigenvalue weighted by Gasteiger charge is -2.32. The van der Waals surface area contributed by atoms with Crippen molar-refractivity contribution in [2.24, 2.45) is 0 Å². The summed E-state index contributed by atoms with van der Waals surface area (Å²) < 4.78 is 27.9. The maximum absolute atomic E-state index is 13.2. The van der Waals surface area contributed by atoms with Crippen molar-refractivity contribution in [2.75, 3.05) is 13.1 Å². The molecule has 0 spiro atoms. The molecule has 39 heavy (non-hydrogen) atoms. The summed E-state index contributed by atoms with van der Waals surface area (Å²) >= 11 is 0. The van der Waals surface area contributed by atoms with Crippen LogP contribution >= 0.6 is 0 Å². The second-order valence-corrected chi connectivity index (χ2v) is 11.3. The molecule has 204 valence electrons. The summed E-state index contributed by atoms with van der Waals surface area (Å²) in [6.45, 7) is 1.19. The van der Waals surface area contributed by atoms with Gasteiger partial charge in [-0.15, -0.1) is 0 Å². The van der Waals surface area contributed by atoms with E-state index in [0.29, 0.717) is 25.2 Å². The number of carbonyl (C=O) groups excluding carboxylic acids is 2. The molecular formula is C31H34F2N4O2. The highest BCUT2D eigenvalue weighted by Crippen LogP contribution is 2.41. The predicted octanol–water partition coefficient (Wildman–Crippen LogP) is 6.19. The van der Waals surface area contributed by atoms with Gasteiger partial charge in [0.2, 0.25) is 5.91 Å². The van der Waals surface area contributed by atoms with Crippen molar-refractivity contribution in [1.29, 1.82) is 0 Å². The quantitative estimate of drug-likeness (QED) is 0.324. The van der Waals surface area contributed by atoms with Gasteiger partial charge in [0.15, 0.2) is 5.78 Å². The Kier molecular flexibility index (Phi) is 7.28. The Hall–Kier alpha value is -3.42. The Balaban J connectivity index is 1.06. The third-order valence-corrected chi connectivity index (χ3v) is 8.65. The van der Waals surface area contributed by atoms with Gasteiger partial charge in [-0.1, -0.05) is 24.3 Å². The number of pyridine rings is 1. The van der Waals surface area contributed by atoms with E-state index in [0.717, 1.165) is 56.2 Å². The lowest BCUT2D eigenvalue weighted by molar-refractivity contribution is -0.133. The van der Waals surface area contributed by atoms with E-state index in [9.17, 15) is 18.4 Å². The van der Waals surface area contributed by atoms with Crippen molar-refractivity contribution < 1.29 is 18.4 Å². The van der Waals surface area contributed by atoms with Crippen LogP contribution in [0.15, 0.2) is 48.7 Å². The maximum Gasteiger partial charge on any atom is 0.282 e. The lowest BCUT2D eigenvalue weighted by Crippen LogP contribution is -2.40. The lowest BCUT2D eigenvalue weighted by atomic mass is 9.80. The smallest absolute Gasteiger partial charge is 0.282 e. The molecule has 0 unspecified atom stereocenters. The monoisotopic (exact) mass is 532 g/mol. The zero-order valence-electron chi connectivity index (χ0n) is 22.1. The van der Waals surface area contributed by atoms with Crippen LogP contribution in [0, 0.1) is 0 Å². The first-order valence-corrected chi connectivity index (χ1v) is 14.2. The SMILES string of the molecule is O=C(C[C@@H]1CCCc2ccccc21)c1cc(C2CCN(C(=O)Cn3nc(C(F)F)cc3C3CC3)CC2)ccn1. The molecule has 3 aliphatic rings. The van der Waals surface area contributed by atoms with Gasteiger partial charge in [-0.2, -0.15) is 5.10 Å². The molecule has 0 N–H and O–H groups in total. The summed E-state index contributed by atoms with van der Waals surface area (Å²) in [7, 11) is 0. The maximum atomic E-state index is 13.2. The highest BCUT2D eigenvalue weighted by Gasteiger charge is 2.32. The summed E-state index contributed by atoms with van der Waals surface area (Å²) in [4.78, 5) is 32.5. The topological polar surface area (TPSA) is 68.1 Å². The van der Waals surface area contributed by atoms with Crippen molar-refractivity contribution in [3.05, 3.63) is 82.4 Å². The average molecular weight is 533 g/mol. The minimum absolute atomic E-state index is 0.00141. The molecule has 2 aliphatic carbocycles. The molecule has 1 amide bonds. The number of ketones is 1. The zero-order valence-corrected chi connectivity index (χ0v) is 22.1. The number of Topliss-reactive ketones (excluding diaryl/α,β-unsaturated/α-hetero) is 1. The number of alkyl halides is 2. The van der Waals surface area contributed by atoms with E-state index in [1.165, 1.54) is 21.9 Å². The molecule has 1 saturated carbocycles. The van der Waals surface area contributed by atoms with Gasteiger partial charge in [0.05, 0.1) is 0 Å². The number of amides is 1. The molecular weight excluding hydrogens is 498 g/mol. The number of hydrogen-bond donors (Lipinski definition) is 0. The first kappa shape index (κ1) is 25.8. The fraction of sp³-hybridized carbons (Fsp3) is 0.484. The molecule has 2 aromatic heterocycles. The molecule has 1 atom stereocenters. The third kappa shape index (κ3) is 5.65. The fourth-order valence-corrected chi connectivity index (χ4v) is 6.33. The van der Waals surface area contributed by atoms with Crippen LogP contribution in [0.2, 0.25) is 0 Å². The summed E-state index contributed by atoms with van der Waals surface area (Å²) in [6, 6.07) is 13.8. The second-order valence-electron chi connectivity index (χ2n) is 11.3. The van der Waals surface area contributed by atoms with E-state index < -0.39 is 6.43 Å². The molecule has 3 aromatic rings. The van der Waals surface area contributed by atoms with E-state index in [2.05, 4.69) is 34.3 Å². The molecule has 1 saturated heterocycles. The number of carbonyl (C=O) groups is 2. The molecule has 1 aliphatic heterocycles. The highest BCUT2D eigenvalue weighted by atomic mass is 19.3. The van der Waals surface area contributed by atoms with Gasteiger partial charge in [0.25, 0.3) is 6.43 Å². The van der Waals surface area contributed by atoms with Crippen LogP contribution in [0.5, 0.6) is 0 Å². The summed E-state index contributed by atoms with van der Waals surface area (Å²) in [5.74, 6) is 0.725. The number of benzene rings is 1. The Bertz CT molecular complexity index is 1360. The van der Waals surface area contributed by atoms with E-state index in [-0.39, 0.29) is 41.7 Å². The van der Waals surface area contributed by atoms with Crippen LogP contribution in [0.4, 0.5) is 8.78 Å². The predicted molar refractivity (Wildman–Crippen MR) is 143 cm³/mol. The summed E-state index contributed by atoms with van der Waals surface area (Å²) in [5, 5.41) is 4.03. The Morgan fingerprint density at radius 3 is 2.54 bits per heavy atom. The van der Waals surface area contributed by atoms with Gasteiger partial charge in [0, 0.05) is 37.3 Å². The average Bonchev–Trinajstić information content (AvgIpc) is 3.72. The number of halogens is 2. The molecule has 6 rings (SSSR count). The molecule has 6 nitrogen and oxygen atoms in total. The van der Waals surface area contributed by atoms with Gasteiger partial charge < -0.3 is 4.90 Å². The van der Waals surface area contributed by atoms with E-state index in [1.807, 2.05) is 17.0 Å². The van der Waals surface area contributed by atoms with Crippen molar-refractivity contribution in [3.8, 4) is 0 Å². The molecule has 1 aromatic carbocycles. The van der Waals surface area contributed by atoms with Gasteiger partial charge in [0.1, 0.15) is 17.9 Å². The fourth-order valence-electron chi connectivity index (χ4n) is 6.33. The van der Waals surface area contributed by atoms with Crippen LogP contribution < -0.4 is 0 Å². The number of piperidine rings is 1. The zero-order chi connectivity index (χ0) is 26.9. The largest absolute Gasteiger partial charge is 0.341 e. The third-order valence-electron chi connectivity index (χ3n) is 8.65. The van der Waals surface area contributed by atoms with Gasteiger partial charge in [-0.05, 0) is 91.7 Å².